The van der Waals surface area contributed by atoms with Crippen LogP contribution in [-0.2, 0) is 0 Å². The number of benzene rings is 1. The predicted octanol–water partition coefficient (Wildman–Crippen LogP) is 2.50. The van der Waals surface area contributed by atoms with Crippen LogP contribution in [0.4, 0.5) is 5.69 Å². The van der Waals surface area contributed by atoms with E-state index in [4.69, 9.17) is 15.2 Å². The van der Waals surface area contributed by atoms with Crippen LogP contribution >= 0.6 is 24.8 Å². The molecule has 0 atom stereocenters. The molecule has 2 rings (SSSR count). The Kier molecular flexibility index (Phi) is 8.72. The molecule has 4 nitrogen and oxygen atoms in total. The zero-order valence-electron chi connectivity index (χ0n) is 11.1. The van der Waals surface area contributed by atoms with E-state index in [1.165, 1.54) is 12.8 Å². The molecule has 0 amide bonds. The number of nitrogens with one attached hydrogen (secondary N) is 1. The number of nitrogens with two attached hydrogens (primary N) is 1. The summed E-state index contributed by atoms with van der Waals surface area (Å²) in [6, 6.07) is 5.55. The van der Waals surface area contributed by atoms with E-state index in [1.807, 2.05) is 18.2 Å². The van der Waals surface area contributed by atoms with Crippen LogP contribution in [0.15, 0.2) is 18.2 Å². The topological polar surface area (TPSA) is 56.5 Å². The number of piperidine rings is 1. The highest BCUT2D eigenvalue weighted by Crippen LogP contribution is 2.27. The Morgan fingerprint density at radius 1 is 1.26 bits per heavy atom. The minimum atomic E-state index is 0. The summed E-state index contributed by atoms with van der Waals surface area (Å²) in [5, 5.41) is 3.35. The van der Waals surface area contributed by atoms with E-state index < -0.39 is 0 Å². The van der Waals surface area contributed by atoms with Crippen molar-refractivity contribution in [2.75, 3.05) is 32.5 Å². The highest BCUT2D eigenvalue weighted by molar-refractivity contribution is 5.85. The molecule has 0 aromatic heterocycles. The molecule has 0 radical (unpaired) electrons. The number of nitrogen functional groups attached to an aromatic ring is 1. The third kappa shape index (κ3) is 5.35. The first-order valence-electron chi connectivity index (χ1n) is 6.06. The summed E-state index contributed by atoms with van der Waals surface area (Å²) in [5.74, 6) is 2.15. The highest BCUT2D eigenvalue weighted by Gasteiger charge is 2.13. The molecule has 19 heavy (non-hydrogen) atoms. The summed E-state index contributed by atoms with van der Waals surface area (Å²) >= 11 is 0. The molecule has 0 unspecified atom stereocenters. The van der Waals surface area contributed by atoms with Gasteiger partial charge in [-0.15, -0.1) is 24.8 Å². The summed E-state index contributed by atoms with van der Waals surface area (Å²) in [4.78, 5) is 0. The van der Waals surface area contributed by atoms with E-state index in [1.54, 1.807) is 7.11 Å². The molecule has 0 bridgehead atoms. The lowest BCUT2D eigenvalue weighted by atomic mass is 9.99. The molecule has 0 saturated carbocycles. The Hall–Kier alpha value is -0.840. The Labute approximate surface area is 126 Å². The molecular weight excluding hydrogens is 287 g/mol. The van der Waals surface area contributed by atoms with Gasteiger partial charge in [0, 0.05) is 6.07 Å². The van der Waals surface area contributed by atoms with Crippen LogP contribution < -0.4 is 20.5 Å². The number of ether oxygens (including phenoxy) is 2. The number of anilines is 1. The van der Waals surface area contributed by atoms with Gasteiger partial charge >= 0.3 is 0 Å². The standard InChI is InChI=1S/C13H20N2O2.2ClH/c1-16-13-8-11(2-3-12(13)14)17-9-10-4-6-15-7-5-10;;/h2-3,8,10,15H,4-7,9,14H2,1H3;2*1H. The van der Waals surface area contributed by atoms with E-state index in [0.717, 1.165) is 25.4 Å². The second kappa shape index (κ2) is 9.13. The molecule has 1 heterocycles. The fourth-order valence-corrected chi connectivity index (χ4v) is 2.04. The average molecular weight is 309 g/mol. The maximum absolute atomic E-state index is 5.78. The number of halogens is 2. The zero-order chi connectivity index (χ0) is 12.1. The van der Waals surface area contributed by atoms with Crippen LogP contribution in [0.3, 0.4) is 0 Å². The van der Waals surface area contributed by atoms with Gasteiger partial charge in [-0.1, -0.05) is 0 Å². The number of methoxy groups -OCH3 is 1. The molecule has 0 aliphatic carbocycles. The van der Waals surface area contributed by atoms with Crippen molar-refractivity contribution in [3.63, 3.8) is 0 Å². The van der Waals surface area contributed by atoms with Gasteiger partial charge in [0.2, 0.25) is 0 Å². The Morgan fingerprint density at radius 2 is 1.95 bits per heavy atom. The van der Waals surface area contributed by atoms with Crippen LogP contribution in [0.5, 0.6) is 11.5 Å². The average Bonchev–Trinajstić information content (AvgIpc) is 2.39. The first-order valence-corrected chi connectivity index (χ1v) is 6.06. The summed E-state index contributed by atoms with van der Waals surface area (Å²) in [7, 11) is 1.61. The predicted molar refractivity (Wildman–Crippen MR) is 83.0 cm³/mol. The number of hydrogen-bond acceptors (Lipinski definition) is 4. The minimum Gasteiger partial charge on any atom is -0.494 e. The second-order valence-electron chi connectivity index (χ2n) is 4.41. The van der Waals surface area contributed by atoms with Gasteiger partial charge in [-0.3, -0.25) is 0 Å². The van der Waals surface area contributed by atoms with Crippen molar-refractivity contribution in [1.82, 2.24) is 5.32 Å². The lowest BCUT2D eigenvalue weighted by Crippen LogP contribution is -2.30. The van der Waals surface area contributed by atoms with Crippen LogP contribution in [-0.4, -0.2) is 26.8 Å². The van der Waals surface area contributed by atoms with Gasteiger partial charge in [0.15, 0.2) is 0 Å². The molecule has 1 aromatic carbocycles. The lowest BCUT2D eigenvalue weighted by Gasteiger charge is -2.22. The third-order valence-electron chi connectivity index (χ3n) is 3.15. The minimum absolute atomic E-state index is 0. The van der Waals surface area contributed by atoms with Crippen molar-refractivity contribution in [3.05, 3.63) is 18.2 Å². The van der Waals surface area contributed by atoms with E-state index in [9.17, 15) is 0 Å². The van der Waals surface area contributed by atoms with Crippen molar-refractivity contribution in [2.45, 2.75) is 12.8 Å². The normalized spacial score (nSPS) is 15.0. The van der Waals surface area contributed by atoms with E-state index in [-0.39, 0.29) is 24.8 Å². The second-order valence-corrected chi connectivity index (χ2v) is 4.41. The van der Waals surface area contributed by atoms with E-state index in [0.29, 0.717) is 17.4 Å². The third-order valence-corrected chi connectivity index (χ3v) is 3.15. The Bertz CT molecular complexity index is 372. The van der Waals surface area contributed by atoms with Crippen molar-refractivity contribution < 1.29 is 9.47 Å². The quantitative estimate of drug-likeness (QED) is 0.839. The fourth-order valence-electron chi connectivity index (χ4n) is 2.04. The Balaban J connectivity index is 0.00000162. The van der Waals surface area contributed by atoms with Crippen LogP contribution in [0.25, 0.3) is 0 Å². The van der Waals surface area contributed by atoms with Gasteiger partial charge in [0.25, 0.3) is 0 Å². The van der Waals surface area contributed by atoms with Crippen molar-refractivity contribution >= 4 is 30.5 Å². The molecule has 6 heteroatoms. The monoisotopic (exact) mass is 308 g/mol. The van der Waals surface area contributed by atoms with Gasteiger partial charge in [-0.25, -0.2) is 0 Å². The molecule has 1 aromatic rings. The summed E-state index contributed by atoms with van der Waals surface area (Å²) < 4.78 is 10.9. The molecule has 1 aliphatic rings. The molecule has 0 spiro atoms. The number of hydrogen-bond donors (Lipinski definition) is 2. The van der Waals surface area contributed by atoms with Gasteiger partial charge in [0.05, 0.1) is 19.4 Å². The van der Waals surface area contributed by atoms with Crippen molar-refractivity contribution in [1.29, 1.82) is 0 Å². The Morgan fingerprint density at radius 3 is 2.58 bits per heavy atom. The first-order chi connectivity index (χ1) is 8.29. The van der Waals surface area contributed by atoms with Crippen LogP contribution in [0.1, 0.15) is 12.8 Å². The van der Waals surface area contributed by atoms with Gasteiger partial charge < -0.3 is 20.5 Å². The lowest BCUT2D eigenvalue weighted by molar-refractivity contribution is 0.214. The van der Waals surface area contributed by atoms with Crippen LogP contribution in [0.2, 0.25) is 0 Å². The molecule has 1 fully saturated rings. The van der Waals surface area contributed by atoms with Gasteiger partial charge in [0.1, 0.15) is 11.5 Å². The smallest absolute Gasteiger partial charge is 0.145 e. The fraction of sp³-hybridized carbons (Fsp3) is 0.538. The van der Waals surface area contributed by atoms with Crippen LogP contribution in [0, 0.1) is 5.92 Å². The van der Waals surface area contributed by atoms with Crippen molar-refractivity contribution in [3.8, 4) is 11.5 Å². The SMILES string of the molecule is COc1cc(OCC2CCNCC2)ccc1N.Cl.Cl. The summed E-state index contributed by atoms with van der Waals surface area (Å²) in [5.41, 5.74) is 6.39. The molecular formula is C13H22Cl2N2O2. The molecule has 3 N–H and O–H groups in total. The number of rotatable bonds is 4. The van der Waals surface area contributed by atoms with Gasteiger partial charge in [-0.05, 0) is 44.0 Å². The molecule has 1 saturated heterocycles. The maximum atomic E-state index is 5.78. The largest absolute Gasteiger partial charge is 0.494 e. The zero-order valence-corrected chi connectivity index (χ0v) is 12.7. The maximum Gasteiger partial charge on any atom is 0.145 e. The molecule has 110 valence electrons. The summed E-state index contributed by atoms with van der Waals surface area (Å²) in [6.07, 6.45) is 2.37. The molecule has 1 aliphatic heterocycles. The highest BCUT2D eigenvalue weighted by atomic mass is 35.5. The summed E-state index contributed by atoms with van der Waals surface area (Å²) in [6.45, 7) is 2.97. The van der Waals surface area contributed by atoms with E-state index in [2.05, 4.69) is 5.32 Å². The van der Waals surface area contributed by atoms with Gasteiger partial charge in [-0.2, -0.15) is 0 Å². The first kappa shape index (κ1) is 18.2. The van der Waals surface area contributed by atoms with E-state index >= 15 is 0 Å². The van der Waals surface area contributed by atoms with Crippen molar-refractivity contribution in [2.24, 2.45) is 5.92 Å².